The molecule has 202 valence electrons. The number of aliphatic hydroxyl groups excluding tert-OH is 1. The largest absolute Gasteiger partial charge is 1.00 e. The molecule has 0 unspecified atom stereocenters. The van der Waals surface area contributed by atoms with Crippen molar-refractivity contribution in [1.82, 2.24) is 0 Å². The minimum Gasteiger partial charge on any atom is -1.00 e. The van der Waals surface area contributed by atoms with E-state index in [0.717, 1.165) is 0 Å². The first-order chi connectivity index (χ1) is 16.5. The first kappa shape index (κ1) is 30.6. The molecule has 0 aliphatic heterocycles. The molecule has 8 atom stereocenters. The maximum atomic E-state index is 17.1. The van der Waals surface area contributed by atoms with E-state index in [-0.39, 0.29) is 43.2 Å². The standard InChI is InChI=1S/C25H33FO9S.Na.H/c1-14-10-18-17-5-4-15-11-16(27)6-8-22(15,2)24(17,26)19(28)12-23(18,3)25(14,31)20(29)13-35-21(30)7-9-36(32,33)34;;/h6,8,11,14,17-19,28,31H,4-5,7,9-10,12-13H2,1-3H3,(H,32,33,34);;/q;+1;-1/t14-,17+,18+,19+,22+,23+,24+,25+;;/m1../s1. The van der Waals surface area contributed by atoms with E-state index in [1.807, 2.05) is 0 Å². The number of fused-ring (bicyclic) bond motifs is 5. The smallest absolute Gasteiger partial charge is 1.00 e. The van der Waals surface area contributed by atoms with E-state index in [2.05, 4.69) is 0 Å². The van der Waals surface area contributed by atoms with Gasteiger partial charge in [0.15, 0.2) is 18.1 Å². The Morgan fingerprint density at radius 2 is 1.92 bits per heavy atom. The molecule has 0 aromatic rings. The molecule has 9 nitrogen and oxygen atoms in total. The summed E-state index contributed by atoms with van der Waals surface area (Å²) in [5.74, 6) is -4.68. The van der Waals surface area contributed by atoms with Crippen LogP contribution in [-0.2, 0) is 29.2 Å². The zero-order valence-corrected chi connectivity index (χ0v) is 24.4. The minimum absolute atomic E-state index is 0. The van der Waals surface area contributed by atoms with Gasteiger partial charge in [-0.2, -0.15) is 8.42 Å². The SMILES string of the molecule is C[C@@H]1C[C@H]2[C@@H]3CCC4=CC(=O)C=C[C@]4(C)[C@@]3(F)[C@@H](O)C[C@]2(C)[C@@]1(O)C(=O)COC(=O)CCS(=O)(=O)O.[H-].[Na+]. The average molecular weight is 553 g/mol. The van der Waals surface area contributed by atoms with Crippen molar-refractivity contribution in [3.05, 3.63) is 23.8 Å². The van der Waals surface area contributed by atoms with Crippen molar-refractivity contribution >= 4 is 27.7 Å². The van der Waals surface area contributed by atoms with E-state index in [1.54, 1.807) is 20.8 Å². The number of ketones is 2. The van der Waals surface area contributed by atoms with Crippen LogP contribution in [0.4, 0.5) is 4.39 Å². The van der Waals surface area contributed by atoms with Crippen molar-refractivity contribution in [2.24, 2.45) is 28.6 Å². The third-order valence-corrected chi connectivity index (χ3v) is 10.3. The summed E-state index contributed by atoms with van der Waals surface area (Å²) in [6, 6.07) is 0. The Morgan fingerprint density at radius 3 is 2.54 bits per heavy atom. The molecular formula is C25H34FNaO9S. The van der Waals surface area contributed by atoms with Gasteiger partial charge in [-0.3, -0.25) is 18.9 Å². The Morgan fingerprint density at radius 1 is 1.27 bits per heavy atom. The van der Waals surface area contributed by atoms with Gasteiger partial charge in [0.1, 0.15) is 5.60 Å². The molecular weight excluding hydrogens is 518 g/mol. The van der Waals surface area contributed by atoms with Crippen molar-refractivity contribution in [2.75, 3.05) is 12.4 Å². The quantitative estimate of drug-likeness (QED) is 0.210. The molecule has 12 heteroatoms. The fourth-order valence-electron chi connectivity index (χ4n) is 7.68. The Bertz CT molecular complexity index is 1180. The average Bonchev–Trinajstić information content (AvgIpc) is 2.98. The van der Waals surface area contributed by atoms with Gasteiger partial charge in [0.05, 0.1) is 18.3 Å². The van der Waals surface area contributed by atoms with E-state index < -0.39 is 86.6 Å². The van der Waals surface area contributed by atoms with E-state index in [9.17, 15) is 33.0 Å². The first-order valence-electron chi connectivity index (χ1n) is 12.2. The molecule has 0 bridgehead atoms. The second-order valence-electron chi connectivity index (χ2n) is 11.3. The number of Topliss-reactive ketones (excluding diaryl/α,β-unsaturated/α-hetero) is 1. The number of aliphatic hydroxyl groups is 2. The molecule has 3 saturated carbocycles. The zero-order valence-electron chi connectivity index (χ0n) is 22.6. The topological polar surface area (TPSA) is 155 Å². The summed E-state index contributed by atoms with van der Waals surface area (Å²) < 4.78 is 52.5. The van der Waals surface area contributed by atoms with E-state index in [4.69, 9.17) is 9.29 Å². The number of esters is 1. The van der Waals surface area contributed by atoms with Crippen LogP contribution >= 0.6 is 0 Å². The number of carbonyl (C=O) groups is 3. The number of hydrogen-bond donors (Lipinski definition) is 3. The monoisotopic (exact) mass is 552 g/mol. The summed E-state index contributed by atoms with van der Waals surface area (Å²) in [5, 5.41) is 23.1. The molecule has 0 radical (unpaired) electrons. The van der Waals surface area contributed by atoms with Crippen LogP contribution in [0, 0.1) is 28.6 Å². The van der Waals surface area contributed by atoms with Crippen LogP contribution in [-0.4, -0.2) is 70.5 Å². The Labute approximate surface area is 239 Å². The first-order valence-corrected chi connectivity index (χ1v) is 13.8. The van der Waals surface area contributed by atoms with Gasteiger partial charge in [-0.25, -0.2) is 4.39 Å². The van der Waals surface area contributed by atoms with Gasteiger partial charge >= 0.3 is 35.5 Å². The number of carbonyl (C=O) groups excluding carboxylic acids is 3. The van der Waals surface area contributed by atoms with Gasteiger partial charge in [0.2, 0.25) is 5.78 Å². The molecule has 4 aliphatic rings. The normalized spacial score (nSPS) is 42.6. The zero-order chi connectivity index (χ0) is 26.9. The third kappa shape index (κ3) is 4.52. The summed E-state index contributed by atoms with van der Waals surface area (Å²) >= 11 is 0. The van der Waals surface area contributed by atoms with Gasteiger partial charge in [-0.05, 0) is 56.6 Å². The van der Waals surface area contributed by atoms with E-state index in [0.29, 0.717) is 24.8 Å². The molecule has 0 spiro atoms. The van der Waals surface area contributed by atoms with Gasteiger partial charge in [0.25, 0.3) is 10.1 Å². The maximum Gasteiger partial charge on any atom is 1.00 e. The molecule has 0 amide bonds. The van der Waals surface area contributed by atoms with Crippen molar-refractivity contribution in [3.8, 4) is 0 Å². The number of halogens is 1. The fourth-order valence-corrected chi connectivity index (χ4v) is 8.11. The summed E-state index contributed by atoms with van der Waals surface area (Å²) in [6.07, 6.45) is 3.01. The predicted octanol–water partition coefficient (Wildman–Crippen LogP) is -1.16. The van der Waals surface area contributed by atoms with E-state index >= 15 is 4.39 Å². The molecule has 0 aromatic heterocycles. The van der Waals surface area contributed by atoms with Gasteiger partial charge < -0.3 is 16.4 Å². The predicted molar refractivity (Wildman–Crippen MR) is 126 cm³/mol. The summed E-state index contributed by atoms with van der Waals surface area (Å²) in [7, 11) is -4.39. The number of alkyl halides is 1. The molecule has 3 fully saturated rings. The minimum atomic E-state index is -4.39. The van der Waals surface area contributed by atoms with Crippen molar-refractivity contribution in [3.63, 3.8) is 0 Å². The van der Waals surface area contributed by atoms with Crippen molar-refractivity contribution in [2.45, 2.75) is 70.2 Å². The second kappa shape index (κ2) is 9.91. The van der Waals surface area contributed by atoms with Crippen LogP contribution in [0.2, 0.25) is 0 Å². The molecule has 4 aliphatic carbocycles. The molecule has 0 saturated heterocycles. The van der Waals surface area contributed by atoms with Gasteiger partial charge in [-0.1, -0.05) is 25.5 Å². The Balaban J connectivity index is 0.00000253. The summed E-state index contributed by atoms with van der Waals surface area (Å²) in [6.45, 7) is 4.20. The molecule has 37 heavy (non-hydrogen) atoms. The Hall–Kier alpha value is -0.950. The van der Waals surface area contributed by atoms with Crippen molar-refractivity contribution in [1.29, 1.82) is 0 Å². The maximum absolute atomic E-state index is 17.1. The number of ether oxygens (including phenoxy) is 1. The van der Waals surface area contributed by atoms with Crippen LogP contribution in [0.1, 0.15) is 54.3 Å². The van der Waals surface area contributed by atoms with Crippen LogP contribution in [0.25, 0.3) is 0 Å². The van der Waals surface area contributed by atoms with Crippen LogP contribution in [0.3, 0.4) is 0 Å². The molecule has 4 rings (SSSR count). The van der Waals surface area contributed by atoms with Crippen LogP contribution in [0.15, 0.2) is 23.8 Å². The molecule has 0 heterocycles. The Kier molecular flexibility index (Phi) is 8.19. The number of rotatable bonds is 6. The van der Waals surface area contributed by atoms with Crippen LogP contribution < -0.4 is 29.6 Å². The number of hydrogen-bond acceptors (Lipinski definition) is 8. The molecule has 3 N–H and O–H groups in total. The summed E-state index contributed by atoms with van der Waals surface area (Å²) in [4.78, 5) is 37.1. The van der Waals surface area contributed by atoms with E-state index in [1.165, 1.54) is 18.2 Å². The molecule has 0 aromatic carbocycles. The van der Waals surface area contributed by atoms with Crippen molar-refractivity contribution < 1.29 is 77.7 Å². The van der Waals surface area contributed by atoms with Gasteiger partial charge in [-0.15, -0.1) is 0 Å². The van der Waals surface area contributed by atoms with Gasteiger partial charge in [0, 0.05) is 16.7 Å². The third-order valence-electron chi connectivity index (χ3n) is 9.58. The summed E-state index contributed by atoms with van der Waals surface area (Å²) in [5.41, 5.74) is -5.89. The second-order valence-corrected chi connectivity index (χ2v) is 12.9. The van der Waals surface area contributed by atoms with Crippen LogP contribution in [0.5, 0.6) is 0 Å². The number of allylic oxidation sites excluding steroid dienone is 4. The fraction of sp³-hybridized carbons (Fsp3) is 0.720.